The molecule has 0 aliphatic heterocycles. The van der Waals surface area contributed by atoms with Gasteiger partial charge in [0, 0.05) is 16.7 Å². The third kappa shape index (κ3) is 3.90. The van der Waals surface area contributed by atoms with E-state index in [0.717, 1.165) is 21.5 Å². The van der Waals surface area contributed by atoms with Crippen LogP contribution in [0.3, 0.4) is 0 Å². The summed E-state index contributed by atoms with van der Waals surface area (Å²) in [5.74, 6) is -1.26. The van der Waals surface area contributed by atoms with Gasteiger partial charge in [-0.15, -0.1) is 0 Å². The molecule has 0 heterocycles. The molecule has 0 bridgehead atoms. The molecular formula is C23H20O4. The molecule has 3 rings (SSSR count). The van der Waals surface area contributed by atoms with Gasteiger partial charge in [-0.3, -0.25) is 0 Å². The normalized spacial score (nSPS) is 10.8. The van der Waals surface area contributed by atoms with Gasteiger partial charge in [-0.05, 0) is 47.5 Å². The minimum Gasteiger partial charge on any atom is -0.417 e. The van der Waals surface area contributed by atoms with E-state index >= 15 is 0 Å². The number of fused-ring (bicyclic) bond motifs is 2. The van der Waals surface area contributed by atoms with Crippen LogP contribution in [0, 0.1) is 0 Å². The highest BCUT2D eigenvalue weighted by Gasteiger charge is 2.24. The number of ether oxygens (including phenoxy) is 2. The second-order valence-corrected chi connectivity index (χ2v) is 6.47. The zero-order chi connectivity index (χ0) is 19.6. The number of hydrogen-bond donors (Lipinski definition) is 0. The molecule has 0 N–H and O–H groups in total. The summed E-state index contributed by atoms with van der Waals surface area (Å²) in [6, 6.07) is 17.6. The van der Waals surface area contributed by atoms with Crippen molar-refractivity contribution in [2.45, 2.75) is 20.1 Å². The Bertz CT molecular complexity index is 1050. The molecule has 27 heavy (non-hydrogen) atoms. The molecule has 3 aromatic carbocycles. The van der Waals surface area contributed by atoms with E-state index in [1.807, 2.05) is 48.5 Å². The van der Waals surface area contributed by atoms with Crippen molar-refractivity contribution in [3.63, 3.8) is 0 Å². The van der Waals surface area contributed by atoms with Crippen LogP contribution in [0.5, 0.6) is 0 Å². The minimum atomic E-state index is -1.19. The molecule has 3 aromatic rings. The maximum Gasteiger partial charge on any atom is 0.336 e. The summed E-state index contributed by atoms with van der Waals surface area (Å²) < 4.78 is 10.8. The Morgan fingerprint density at radius 1 is 0.778 bits per heavy atom. The molecule has 0 aromatic heterocycles. The fraction of sp³-hybridized carbons (Fsp3) is 0.130. The third-order valence-electron chi connectivity index (χ3n) is 4.16. The van der Waals surface area contributed by atoms with Crippen LogP contribution in [-0.4, -0.2) is 11.9 Å². The Kier molecular flexibility index (Phi) is 5.08. The zero-order valence-corrected chi connectivity index (χ0v) is 15.3. The maximum atomic E-state index is 12.1. The molecule has 0 saturated heterocycles. The van der Waals surface area contributed by atoms with Gasteiger partial charge >= 0.3 is 11.9 Å². The van der Waals surface area contributed by atoms with Gasteiger partial charge in [0.05, 0.1) is 0 Å². The van der Waals surface area contributed by atoms with Crippen LogP contribution in [0.15, 0.2) is 78.9 Å². The van der Waals surface area contributed by atoms with E-state index in [4.69, 9.17) is 9.47 Å². The largest absolute Gasteiger partial charge is 0.417 e. The highest BCUT2D eigenvalue weighted by Crippen LogP contribution is 2.32. The topological polar surface area (TPSA) is 52.6 Å². The van der Waals surface area contributed by atoms with Gasteiger partial charge in [0.2, 0.25) is 0 Å². The molecule has 0 radical (unpaired) electrons. The highest BCUT2D eigenvalue weighted by atomic mass is 16.7. The van der Waals surface area contributed by atoms with Crippen molar-refractivity contribution in [1.29, 1.82) is 0 Å². The highest BCUT2D eigenvalue weighted by molar-refractivity contribution is 6.00. The molecule has 0 spiro atoms. The van der Waals surface area contributed by atoms with Crippen LogP contribution in [0.25, 0.3) is 21.5 Å². The van der Waals surface area contributed by atoms with E-state index in [2.05, 4.69) is 13.2 Å². The van der Waals surface area contributed by atoms with E-state index in [0.29, 0.717) is 5.56 Å². The van der Waals surface area contributed by atoms with Gasteiger partial charge in [-0.2, -0.15) is 0 Å². The summed E-state index contributed by atoms with van der Waals surface area (Å²) in [7, 11) is 0. The van der Waals surface area contributed by atoms with Crippen LogP contribution < -0.4 is 0 Å². The van der Waals surface area contributed by atoms with Crippen molar-refractivity contribution < 1.29 is 19.1 Å². The lowest BCUT2D eigenvalue weighted by Crippen LogP contribution is -2.19. The standard InChI is InChI=1S/C23H20O4/c1-14(2)21(24)26-23(27-22(25)15(3)4)19-11-7-10-18-12-16-8-5-6-9-17(16)13-20(18)19/h5-13,23H,1,3H2,2,4H3. The van der Waals surface area contributed by atoms with Crippen molar-refractivity contribution in [3.8, 4) is 0 Å². The lowest BCUT2D eigenvalue weighted by atomic mass is 9.99. The number of hydrogen-bond acceptors (Lipinski definition) is 4. The van der Waals surface area contributed by atoms with Crippen molar-refractivity contribution >= 4 is 33.5 Å². The summed E-state index contributed by atoms with van der Waals surface area (Å²) in [6.45, 7) is 10.2. The van der Waals surface area contributed by atoms with Gasteiger partial charge in [0.1, 0.15) is 0 Å². The lowest BCUT2D eigenvalue weighted by molar-refractivity contribution is -0.183. The number of esters is 2. The van der Waals surface area contributed by atoms with Gasteiger partial charge in [0.25, 0.3) is 6.29 Å². The van der Waals surface area contributed by atoms with Gasteiger partial charge < -0.3 is 9.47 Å². The second kappa shape index (κ2) is 7.46. The van der Waals surface area contributed by atoms with Crippen LogP contribution in [0.4, 0.5) is 0 Å². The average Bonchev–Trinajstić information content (AvgIpc) is 2.64. The van der Waals surface area contributed by atoms with E-state index in [9.17, 15) is 9.59 Å². The average molecular weight is 360 g/mol. The zero-order valence-electron chi connectivity index (χ0n) is 15.3. The fourth-order valence-electron chi connectivity index (χ4n) is 2.74. The first-order valence-corrected chi connectivity index (χ1v) is 8.51. The Labute approximate surface area is 157 Å². The fourth-order valence-corrected chi connectivity index (χ4v) is 2.74. The lowest BCUT2D eigenvalue weighted by Gasteiger charge is -2.20. The van der Waals surface area contributed by atoms with Crippen molar-refractivity contribution in [2.75, 3.05) is 0 Å². The number of carbonyl (C=O) groups excluding carboxylic acids is 2. The molecule has 0 aliphatic carbocycles. The van der Waals surface area contributed by atoms with Crippen LogP contribution in [0.1, 0.15) is 25.7 Å². The molecule has 0 atom stereocenters. The number of carbonyl (C=O) groups is 2. The maximum absolute atomic E-state index is 12.1. The Balaban J connectivity index is 2.14. The van der Waals surface area contributed by atoms with E-state index in [1.165, 1.54) is 13.8 Å². The quantitative estimate of drug-likeness (QED) is 0.271. The Hall–Kier alpha value is -3.40. The van der Waals surface area contributed by atoms with E-state index < -0.39 is 18.2 Å². The number of rotatable bonds is 5. The van der Waals surface area contributed by atoms with Crippen LogP contribution in [-0.2, 0) is 19.1 Å². The summed E-state index contributed by atoms with van der Waals surface area (Å²) in [4.78, 5) is 24.2. The van der Waals surface area contributed by atoms with Crippen LogP contribution >= 0.6 is 0 Å². The molecule has 0 saturated carbocycles. The molecule has 4 heteroatoms. The Morgan fingerprint density at radius 3 is 1.85 bits per heavy atom. The van der Waals surface area contributed by atoms with Gasteiger partial charge in [0.15, 0.2) is 0 Å². The molecule has 4 nitrogen and oxygen atoms in total. The SMILES string of the molecule is C=C(C)C(=O)OC(OC(=O)C(=C)C)c1cccc2cc3ccccc3cc12. The second-order valence-electron chi connectivity index (χ2n) is 6.47. The van der Waals surface area contributed by atoms with Crippen molar-refractivity contribution in [3.05, 3.63) is 84.5 Å². The predicted molar refractivity (Wildman–Crippen MR) is 106 cm³/mol. The van der Waals surface area contributed by atoms with Crippen molar-refractivity contribution in [1.82, 2.24) is 0 Å². The smallest absolute Gasteiger partial charge is 0.336 e. The third-order valence-corrected chi connectivity index (χ3v) is 4.16. The summed E-state index contributed by atoms with van der Waals surface area (Å²) >= 11 is 0. The predicted octanol–water partition coefficient (Wildman–Crippen LogP) is 5.23. The molecular weight excluding hydrogens is 340 g/mol. The Morgan fingerprint density at radius 2 is 1.30 bits per heavy atom. The monoisotopic (exact) mass is 360 g/mol. The molecule has 0 fully saturated rings. The molecule has 0 unspecified atom stereocenters. The first-order valence-electron chi connectivity index (χ1n) is 8.51. The first-order chi connectivity index (χ1) is 12.9. The minimum absolute atomic E-state index is 0.220. The molecule has 0 aliphatic rings. The summed E-state index contributed by atoms with van der Waals surface area (Å²) in [5, 5.41) is 3.92. The summed E-state index contributed by atoms with van der Waals surface area (Å²) in [5.41, 5.74) is 1.02. The van der Waals surface area contributed by atoms with Crippen molar-refractivity contribution in [2.24, 2.45) is 0 Å². The van der Waals surface area contributed by atoms with Gasteiger partial charge in [-0.25, -0.2) is 9.59 Å². The van der Waals surface area contributed by atoms with Gasteiger partial charge in [-0.1, -0.05) is 55.6 Å². The van der Waals surface area contributed by atoms with E-state index in [1.54, 1.807) is 6.07 Å². The molecule has 136 valence electrons. The summed E-state index contributed by atoms with van der Waals surface area (Å²) in [6.07, 6.45) is -1.19. The van der Waals surface area contributed by atoms with Crippen LogP contribution in [0.2, 0.25) is 0 Å². The van der Waals surface area contributed by atoms with E-state index in [-0.39, 0.29) is 11.1 Å². The molecule has 0 amide bonds. The first kappa shape index (κ1) is 18.4. The number of benzene rings is 3.